The van der Waals surface area contributed by atoms with Crippen molar-refractivity contribution >= 4 is 56.3 Å². The van der Waals surface area contributed by atoms with Gasteiger partial charge in [-0.3, -0.25) is 19.2 Å². The molecule has 0 radical (unpaired) electrons. The Morgan fingerprint density at radius 2 is 1.56 bits per heavy atom. The molecule has 0 bridgehead atoms. The Balaban J connectivity index is 0.741. The number of phenolic OH excluding ortho intramolecular Hbond substituents is 2. The molecule has 2 saturated heterocycles. The Morgan fingerprint density at radius 3 is 2.23 bits per heavy atom. The molecule has 5 N–H and O–H groups in total. The summed E-state index contributed by atoms with van der Waals surface area (Å²) >= 11 is 3.02. The molecular formula is C59H72N6O8S2. The van der Waals surface area contributed by atoms with E-state index in [1.165, 1.54) is 16.2 Å². The molecule has 0 spiro atoms. The minimum atomic E-state index is -0.870. The van der Waals surface area contributed by atoms with E-state index in [2.05, 4.69) is 32.3 Å². The number of nitrogens with zero attached hydrogens (tertiary/aromatic N) is 4. The highest BCUT2D eigenvalue weighted by Gasteiger charge is 2.44. The number of ketones is 1. The van der Waals surface area contributed by atoms with Gasteiger partial charge in [0, 0.05) is 52.0 Å². The third-order valence-corrected chi connectivity index (χ3v) is 16.9. The second-order valence-corrected chi connectivity index (χ2v) is 23.1. The van der Waals surface area contributed by atoms with E-state index in [4.69, 9.17) is 4.74 Å². The van der Waals surface area contributed by atoms with Crippen LogP contribution in [0.3, 0.4) is 0 Å². The number of carbonyl (C=O) groups is 4. The van der Waals surface area contributed by atoms with Gasteiger partial charge in [-0.05, 0) is 167 Å². The number of carbonyl (C=O) groups excluding carboxylic acids is 4. The van der Waals surface area contributed by atoms with Crippen LogP contribution in [0.25, 0.3) is 31.0 Å². The standard InChI is InChI=1S/C59H72N6O8S2/c1-7-63(31-32-73-47-21-16-41(17-22-47)53(70)52-48-23-20-45(67)34-50(48)75-55(52)43-14-18-44(66)19-15-43)28-24-39-25-29-64(30-26-39)27-8-9-51(69)62-56(59(4,5)6)58(72)65-35-46(68)33-49(65)57(71)61-37(2)40-10-12-42(13-11-40)54-38(3)60-36-74-54/h10-23,34,36-37,39,46,49,56,66-68H,7-9,24-33,35H2,1-6H3,(H,61,71)(H,62,69)/t37-,46+,49-,56+/m0/s1. The molecule has 398 valence electrons. The molecule has 2 aliphatic heterocycles. The lowest BCUT2D eigenvalue weighted by Crippen LogP contribution is -2.57. The van der Waals surface area contributed by atoms with Crippen molar-refractivity contribution < 1.29 is 39.2 Å². The molecule has 4 heterocycles. The summed E-state index contributed by atoms with van der Waals surface area (Å²) in [7, 11) is 0. The number of aliphatic hydroxyl groups excluding tert-OH is 1. The maximum absolute atomic E-state index is 14.2. The summed E-state index contributed by atoms with van der Waals surface area (Å²) in [5, 5.41) is 37.6. The van der Waals surface area contributed by atoms with Crippen LogP contribution in [0.5, 0.6) is 17.2 Å². The molecule has 0 aliphatic carbocycles. The molecule has 0 unspecified atom stereocenters. The normalized spacial score (nSPS) is 17.3. The average molecular weight is 1060 g/mol. The lowest BCUT2D eigenvalue weighted by Gasteiger charge is -2.35. The minimum absolute atomic E-state index is 0.0227. The van der Waals surface area contributed by atoms with E-state index in [1.807, 2.05) is 76.5 Å². The summed E-state index contributed by atoms with van der Waals surface area (Å²) in [5.74, 6) is 0.564. The summed E-state index contributed by atoms with van der Waals surface area (Å²) in [6, 6.07) is 25.0. The van der Waals surface area contributed by atoms with Crippen LogP contribution in [-0.2, 0) is 14.4 Å². The number of ether oxygens (including phenoxy) is 1. The van der Waals surface area contributed by atoms with Gasteiger partial charge in [0.2, 0.25) is 17.7 Å². The number of aromatic nitrogens is 1. The van der Waals surface area contributed by atoms with E-state index in [0.717, 1.165) is 101 Å². The second-order valence-electron chi connectivity index (χ2n) is 21.2. The van der Waals surface area contributed by atoms with Gasteiger partial charge in [0.25, 0.3) is 0 Å². The number of hydrogen-bond acceptors (Lipinski definition) is 13. The van der Waals surface area contributed by atoms with Gasteiger partial charge in [0.15, 0.2) is 5.78 Å². The number of aryl methyl sites for hydroxylation is 1. The number of thiophene rings is 1. The van der Waals surface area contributed by atoms with Crippen molar-refractivity contribution in [3.63, 3.8) is 0 Å². The maximum Gasteiger partial charge on any atom is 0.246 e. The van der Waals surface area contributed by atoms with Crippen LogP contribution in [0, 0.1) is 18.3 Å². The highest BCUT2D eigenvalue weighted by Crippen LogP contribution is 2.42. The quantitative estimate of drug-likeness (QED) is 0.0433. The number of benzene rings is 4. The molecule has 2 aliphatic rings. The summed E-state index contributed by atoms with van der Waals surface area (Å²) in [4.78, 5) is 68.0. The molecular weight excluding hydrogens is 985 g/mol. The van der Waals surface area contributed by atoms with Crippen LogP contribution in [0.1, 0.15) is 106 Å². The molecule has 2 aromatic heterocycles. The fraction of sp³-hybridized carbons (Fsp3) is 0.441. The van der Waals surface area contributed by atoms with Crippen LogP contribution < -0.4 is 15.4 Å². The summed E-state index contributed by atoms with van der Waals surface area (Å²) in [6.45, 7) is 17.7. The molecule has 8 rings (SSSR count). The number of likely N-dealkylation sites (N-methyl/N-ethyl adjacent to an activating group) is 1. The van der Waals surface area contributed by atoms with Gasteiger partial charge < -0.3 is 45.4 Å². The van der Waals surface area contributed by atoms with E-state index in [-0.39, 0.29) is 60.4 Å². The van der Waals surface area contributed by atoms with Crippen molar-refractivity contribution in [1.82, 2.24) is 30.3 Å². The molecule has 4 aromatic carbocycles. The van der Waals surface area contributed by atoms with Crippen LogP contribution in [0.2, 0.25) is 0 Å². The van der Waals surface area contributed by atoms with Gasteiger partial charge in [0.05, 0.1) is 28.2 Å². The molecule has 3 amide bonds. The first-order valence-electron chi connectivity index (χ1n) is 26.3. The van der Waals surface area contributed by atoms with Gasteiger partial charge in [-0.15, -0.1) is 22.7 Å². The first-order valence-corrected chi connectivity index (χ1v) is 28.0. The van der Waals surface area contributed by atoms with Crippen LogP contribution in [-0.4, -0.2) is 129 Å². The highest BCUT2D eigenvalue weighted by atomic mass is 32.1. The van der Waals surface area contributed by atoms with Crippen molar-refractivity contribution in [3.8, 4) is 38.1 Å². The van der Waals surface area contributed by atoms with Crippen LogP contribution in [0.4, 0.5) is 0 Å². The third kappa shape index (κ3) is 13.8. The van der Waals surface area contributed by atoms with Gasteiger partial charge in [-0.2, -0.15) is 0 Å². The Bertz CT molecular complexity index is 2910. The lowest BCUT2D eigenvalue weighted by molar-refractivity contribution is -0.144. The number of thiazole rings is 1. The van der Waals surface area contributed by atoms with E-state index < -0.39 is 23.6 Å². The largest absolute Gasteiger partial charge is 0.508 e. The molecule has 75 heavy (non-hydrogen) atoms. The van der Waals surface area contributed by atoms with Gasteiger partial charge in [-0.25, -0.2) is 4.98 Å². The summed E-state index contributed by atoms with van der Waals surface area (Å²) < 4.78 is 6.96. The minimum Gasteiger partial charge on any atom is -0.508 e. The topological polar surface area (TPSA) is 185 Å². The Morgan fingerprint density at radius 1 is 0.880 bits per heavy atom. The highest BCUT2D eigenvalue weighted by molar-refractivity contribution is 7.22. The van der Waals surface area contributed by atoms with Gasteiger partial charge >= 0.3 is 0 Å². The third-order valence-electron chi connectivity index (χ3n) is 14.8. The molecule has 14 nitrogen and oxygen atoms in total. The van der Waals surface area contributed by atoms with Crippen molar-refractivity contribution in [3.05, 3.63) is 119 Å². The number of rotatable bonds is 21. The number of likely N-dealkylation sites (tertiary alicyclic amines) is 2. The van der Waals surface area contributed by atoms with Crippen molar-refractivity contribution in [2.75, 3.05) is 52.4 Å². The molecule has 0 saturated carbocycles. The number of piperidine rings is 1. The van der Waals surface area contributed by atoms with Crippen LogP contribution >= 0.6 is 22.7 Å². The smallest absolute Gasteiger partial charge is 0.246 e. The van der Waals surface area contributed by atoms with Crippen LogP contribution in [0.15, 0.2) is 96.5 Å². The fourth-order valence-corrected chi connectivity index (χ4v) is 12.3. The fourth-order valence-electron chi connectivity index (χ4n) is 10.3. The zero-order chi connectivity index (χ0) is 53.4. The number of fused-ring (bicyclic) bond motifs is 1. The van der Waals surface area contributed by atoms with E-state index >= 15 is 0 Å². The SMILES string of the molecule is CCN(CCOc1ccc(C(=O)c2c(-c3ccc(O)cc3)sc3cc(O)ccc23)cc1)CCC1CCN(CCCC(=O)N[C@H](C(=O)N2C[C@H](O)C[C@H]2C(=O)N[C@@H](C)c2ccc(-c3scnc3C)cc2)C(C)(C)C)CC1. The predicted octanol–water partition coefficient (Wildman–Crippen LogP) is 9.60. The number of phenols is 2. The monoisotopic (exact) mass is 1060 g/mol. The number of β-amino-alcohol motifs (C(OH)–C–C–N with tert-alkyl or cyclic N) is 1. The zero-order valence-electron chi connectivity index (χ0n) is 44.0. The maximum atomic E-state index is 14.2. The first-order chi connectivity index (χ1) is 35.9. The first kappa shape index (κ1) is 55.1. The molecule has 6 aromatic rings. The van der Waals surface area contributed by atoms with E-state index in [9.17, 15) is 34.5 Å². The van der Waals surface area contributed by atoms with Gasteiger partial charge in [0.1, 0.15) is 35.9 Å². The average Bonchev–Trinajstić information content (AvgIpc) is 4.13. The molecule has 16 heteroatoms. The second kappa shape index (κ2) is 24.7. The van der Waals surface area contributed by atoms with Crippen molar-refractivity contribution in [2.24, 2.45) is 11.3 Å². The Hall–Kier alpha value is -6.17. The lowest BCUT2D eigenvalue weighted by atomic mass is 9.85. The van der Waals surface area contributed by atoms with Gasteiger partial charge in [-0.1, -0.05) is 52.0 Å². The predicted molar refractivity (Wildman–Crippen MR) is 297 cm³/mol. The molecule has 2 fully saturated rings. The number of hydrogen-bond donors (Lipinski definition) is 5. The Labute approximate surface area is 448 Å². The number of aliphatic hydroxyl groups is 1. The van der Waals surface area contributed by atoms with E-state index in [0.29, 0.717) is 35.8 Å². The summed E-state index contributed by atoms with van der Waals surface area (Å²) in [6.07, 6.45) is 3.52. The van der Waals surface area contributed by atoms with Crippen molar-refractivity contribution in [1.29, 1.82) is 0 Å². The number of amides is 3. The van der Waals surface area contributed by atoms with Crippen molar-refractivity contribution in [2.45, 2.75) is 104 Å². The molecule has 4 atom stereocenters. The number of aromatic hydroxyl groups is 2. The number of nitrogens with one attached hydrogen (secondary N) is 2. The van der Waals surface area contributed by atoms with E-state index in [1.54, 1.807) is 65.9 Å². The zero-order valence-corrected chi connectivity index (χ0v) is 45.6. The summed E-state index contributed by atoms with van der Waals surface area (Å²) in [5.41, 5.74) is 6.05. The Kier molecular flexibility index (Phi) is 18.1.